The number of ether oxygens (including phenoxy) is 1. The van der Waals surface area contributed by atoms with E-state index in [1.807, 2.05) is 26.0 Å². The second-order valence-corrected chi connectivity index (χ2v) is 4.72. The Morgan fingerprint density at radius 3 is 2.60 bits per heavy atom. The molecule has 0 fully saturated rings. The van der Waals surface area contributed by atoms with E-state index in [-0.39, 0.29) is 12.2 Å². The molecule has 3 nitrogen and oxygen atoms in total. The molecule has 0 aromatic heterocycles. The molecule has 20 heavy (non-hydrogen) atoms. The molecule has 0 saturated carbocycles. The Kier molecular flexibility index (Phi) is 3.90. The third-order valence-electron chi connectivity index (χ3n) is 3.04. The Balaban J connectivity index is 2.19. The van der Waals surface area contributed by atoms with E-state index in [1.165, 1.54) is 12.1 Å². The summed E-state index contributed by atoms with van der Waals surface area (Å²) in [6.45, 7) is 4.04. The standard InChI is InChI=1S/C16H15FN2O/c1-10-3-11(2)16(7-15(10)19)20-9-13-4-12(8-18)5-14(17)6-13/h3-7H,9,19H2,1-2H3. The molecule has 0 atom stereocenters. The molecule has 0 bridgehead atoms. The van der Waals surface area contributed by atoms with E-state index in [4.69, 9.17) is 15.7 Å². The van der Waals surface area contributed by atoms with Crippen LogP contribution in [0.25, 0.3) is 0 Å². The fourth-order valence-corrected chi connectivity index (χ4v) is 1.96. The zero-order valence-electron chi connectivity index (χ0n) is 11.4. The van der Waals surface area contributed by atoms with Crippen molar-refractivity contribution in [2.75, 3.05) is 5.73 Å². The molecule has 0 saturated heterocycles. The van der Waals surface area contributed by atoms with Gasteiger partial charge in [-0.2, -0.15) is 5.26 Å². The summed E-state index contributed by atoms with van der Waals surface area (Å²) in [5, 5.41) is 8.81. The lowest BCUT2D eigenvalue weighted by Crippen LogP contribution is -2.00. The number of nitriles is 1. The van der Waals surface area contributed by atoms with Gasteiger partial charge in [-0.25, -0.2) is 4.39 Å². The minimum Gasteiger partial charge on any atom is -0.489 e. The number of aryl methyl sites for hydroxylation is 2. The van der Waals surface area contributed by atoms with E-state index in [0.717, 1.165) is 11.1 Å². The number of nitrogen functional groups attached to an aromatic ring is 1. The molecule has 2 N–H and O–H groups in total. The van der Waals surface area contributed by atoms with Gasteiger partial charge in [0.15, 0.2) is 0 Å². The van der Waals surface area contributed by atoms with Gasteiger partial charge in [-0.3, -0.25) is 0 Å². The van der Waals surface area contributed by atoms with Gasteiger partial charge in [0, 0.05) is 11.8 Å². The number of rotatable bonds is 3. The fraction of sp³-hybridized carbons (Fsp3) is 0.188. The third kappa shape index (κ3) is 3.07. The Labute approximate surface area is 117 Å². The normalized spacial score (nSPS) is 10.1. The summed E-state index contributed by atoms with van der Waals surface area (Å²) in [5.74, 6) is 0.221. The summed E-state index contributed by atoms with van der Waals surface area (Å²) in [4.78, 5) is 0. The number of nitrogens with two attached hydrogens (primary N) is 1. The number of hydrogen-bond acceptors (Lipinski definition) is 3. The van der Waals surface area contributed by atoms with Gasteiger partial charge < -0.3 is 10.5 Å². The van der Waals surface area contributed by atoms with E-state index >= 15 is 0 Å². The van der Waals surface area contributed by atoms with Crippen molar-refractivity contribution in [2.24, 2.45) is 0 Å². The predicted molar refractivity (Wildman–Crippen MR) is 75.8 cm³/mol. The predicted octanol–water partition coefficient (Wildman–Crippen LogP) is 3.48. The third-order valence-corrected chi connectivity index (χ3v) is 3.04. The molecule has 0 aliphatic rings. The van der Waals surface area contributed by atoms with E-state index in [2.05, 4.69) is 0 Å². The van der Waals surface area contributed by atoms with Crippen molar-refractivity contribution >= 4 is 5.69 Å². The summed E-state index contributed by atoms with van der Waals surface area (Å²) in [6.07, 6.45) is 0. The Morgan fingerprint density at radius 2 is 1.90 bits per heavy atom. The van der Waals surface area contributed by atoms with Gasteiger partial charge in [0.25, 0.3) is 0 Å². The van der Waals surface area contributed by atoms with Crippen LogP contribution in [0.4, 0.5) is 10.1 Å². The van der Waals surface area contributed by atoms with Crippen LogP contribution in [-0.2, 0) is 6.61 Å². The number of nitrogens with zero attached hydrogens (tertiary/aromatic N) is 1. The van der Waals surface area contributed by atoms with Crippen LogP contribution in [0, 0.1) is 31.0 Å². The lowest BCUT2D eigenvalue weighted by molar-refractivity contribution is 0.303. The van der Waals surface area contributed by atoms with Gasteiger partial charge in [0.05, 0.1) is 11.6 Å². The van der Waals surface area contributed by atoms with Crippen molar-refractivity contribution in [3.63, 3.8) is 0 Å². The summed E-state index contributed by atoms with van der Waals surface area (Å²) in [5.41, 5.74) is 9.35. The second-order valence-electron chi connectivity index (χ2n) is 4.72. The van der Waals surface area contributed by atoms with E-state index in [9.17, 15) is 4.39 Å². The Hall–Kier alpha value is -2.54. The van der Waals surface area contributed by atoms with Gasteiger partial charge in [0.2, 0.25) is 0 Å². The van der Waals surface area contributed by atoms with Gasteiger partial charge in [0.1, 0.15) is 18.2 Å². The smallest absolute Gasteiger partial charge is 0.124 e. The van der Waals surface area contributed by atoms with Crippen LogP contribution in [0.5, 0.6) is 5.75 Å². The molecule has 2 rings (SSSR count). The highest BCUT2D eigenvalue weighted by Crippen LogP contribution is 2.25. The SMILES string of the molecule is Cc1cc(C)c(OCc2cc(F)cc(C#N)c2)cc1N. The Morgan fingerprint density at radius 1 is 1.15 bits per heavy atom. The molecule has 0 spiro atoms. The molecule has 4 heteroatoms. The first-order chi connectivity index (χ1) is 9.49. The van der Waals surface area contributed by atoms with Crippen LogP contribution in [0.15, 0.2) is 30.3 Å². The average molecular weight is 270 g/mol. The van der Waals surface area contributed by atoms with Crippen molar-refractivity contribution in [2.45, 2.75) is 20.5 Å². The largest absolute Gasteiger partial charge is 0.489 e. The van der Waals surface area contributed by atoms with Crippen LogP contribution in [-0.4, -0.2) is 0 Å². The molecule has 2 aromatic carbocycles. The molecule has 0 unspecified atom stereocenters. The maximum Gasteiger partial charge on any atom is 0.124 e. The summed E-state index contributed by atoms with van der Waals surface area (Å²) in [6, 6.07) is 9.77. The van der Waals surface area contributed by atoms with Gasteiger partial charge in [-0.05, 0) is 48.7 Å². The van der Waals surface area contributed by atoms with Crippen molar-refractivity contribution in [1.29, 1.82) is 5.26 Å². The lowest BCUT2D eigenvalue weighted by atomic mass is 10.1. The van der Waals surface area contributed by atoms with Crippen LogP contribution in [0.2, 0.25) is 0 Å². The molecule has 0 aliphatic heterocycles. The first-order valence-electron chi connectivity index (χ1n) is 6.18. The highest BCUT2D eigenvalue weighted by Gasteiger charge is 2.06. The highest BCUT2D eigenvalue weighted by molar-refractivity contribution is 5.54. The van der Waals surface area contributed by atoms with Gasteiger partial charge >= 0.3 is 0 Å². The average Bonchev–Trinajstić information content (AvgIpc) is 2.40. The summed E-state index contributed by atoms with van der Waals surface area (Å²) < 4.78 is 19.0. The minimum atomic E-state index is -0.442. The van der Waals surface area contributed by atoms with Gasteiger partial charge in [-0.1, -0.05) is 6.07 Å². The second kappa shape index (κ2) is 5.62. The summed E-state index contributed by atoms with van der Waals surface area (Å²) in [7, 11) is 0. The number of halogens is 1. The topological polar surface area (TPSA) is 59.0 Å². The number of hydrogen-bond donors (Lipinski definition) is 1. The van der Waals surface area contributed by atoms with Crippen molar-refractivity contribution < 1.29 is 9.13 Å². The van der Waals surface area contributed by atoms with Crippen molar-refractivity contribution in [3.8, 4) is 11.8 Å². The van der Waals surface area contributed by atoms with Crippen LogP contribution >= 0.6 is 0 Å². The maximum absolute atomic E-state index is 13.3. The van der Waals surface area contributed by atoms with Crippen molar-refractivity contribution in [3.05, 3.63) is 58.4 Å². The molecule has 0 aliphatic carbocycles. The van der Waals surface area contributed by atoms with Crippen LogP contribution < -0.4 is 10.5 Å². The molecule has 2 aromatic rings. The molecule has 0 radical (unpaired) electrons. The Bertz CT molecular complexity index is 690. The monoisotopic (exact) mass is 270 g/mol. The summed E-state index contributed by atoms with van der Waals surface area (Å²) >= 11 is 0. The van der Waals surface area contributed by atoms with E-state index in [0.29, 0.717) is 17.0 Å². The molecule has 102 valence electrons. The quantitative estimate of drug-likeness (QED) is 0.869. The molecule has 0 heterocycles. The van der Waals surface area contributed by atoms with Crippen LogP contribution in [0.3, 0.4) is 0 Å². The lowest BCUT2D eigenvalue weighted by Gasteiger charge is -2.12. The number of anilines is 1. The molecular formula is C16H15FN2O. The van der Waals surface area contributed by atoms with Gasteiger partial charge in [-0.15, -0.1) is 0 Å². The van der Waals surface area contributed by atoms with Crippen molar-refractivity contribution in [1.82, 2.24) is 0 Å². The van der Waals surface area contributed by atoms with E-state index < -0.39 is 5.82 Å². The highest BCUT2D eigenvalue weighted by atomic mass is 19.1. The minimum absolute atomic E-state index is 0.190. The fourth-order valence-electron chi connectivity index (χ4n) is 1.96. The molecule has 0 amide bonds. The van der Waals surface area contributed by atoms with Crippen LogP contribution in [0.1, 0.15) is 22.3 Å². The van der Waals surface area contributed by atoms with E-state index in [1.54, 1.807) is 12.1 Å². The first-order valence-corrected chi connectivity index (χ1v) is 6.18. The zero-order valence-corrected chi connectivity index (χ0v) is 11.4. The zero-order chi connectivity index (χ0) is 14.7. The first kappa shape index (κ1) is 13.9. The maximum atomic E-state index is 13.3. The number of benzene rings is 2. The molecular weight excluding hydrogens is 255 g/mol.